The Balaban J connectivity index is 2.03. The van der Waals surface area contributed by atoms with E-state index in [1.165, 1.54) is 6.21 Å². The molecule has 0 atom stereocenters. The van der Waals surface area contributed by atoms with Crippen molar-refractivity contribution in [3.05, 3.63) is 52.0 Å². The number of ether oxygens (including phenoxy) is 3. The molecule has 1 amide bonds. The van der Waals surface area contributed by atoms with Crippen molar-refractivity contribution in [3.63, 3.8) is 0 Å². The molecule has 0 aliphatic rings. The molecule has 7 heteroatoms. The van der Waals surface area contributed by atoms with Crippen LogP contribution in [0.25, 0.3) is 0 Å². The van der Waals surface area contributed by atoms with Gasteiger partial charge in [-0.05, 0) is 52.7 Å². The first-order valence-corrected chi connectivity index (χ1v) is 8.86. The Morgan fingerprint density at radius 1 is 1.15 bits per heavy atom. The molecule has 2 rings (SSSR count). The largest absolute Gasteiger partial charge is 0.496 e. The van der Waals surface area contributed by atoms with Crippen molar-refractivity contribution >= 4 is 28.1 Å². The summed E-state index contributed by atoms with van der Waals surface area (Å²) in [6, 6.07) is 10.5. The van der Waals surface area contributed by atoms with Crippen LogP contribution in [0.4, 0.5) is 0 Å². The third-order valence-electron chi connectivity index (χ3n) is 3.46. The molecule has 0 spiro atoms. The predicted octanol–water partition coefficient (Wildman–Crippen LogP) is 4.02. The minimum absolute atomic E-state index is 0.310. The van der Waals surface area contributed by atoms with Gasteiger partial charge in [-0.15, -0.1) is 0 Å². The third kappa shape index (κ3) is 5.23. The van der Waals surface area contributed by atoms with Gasteiger partial charge in [0.25, 0.3) is 5.91 Å². The summed E-state index contributed by atoms with van der Waals surface area (Å²) in [5, 5.41) is 4.00. The van der Waals surface area contributed by atoms with Gasteiger partial charge < -0.3 is 14.2 Å². The Hall–Kier alpha value is -2.54. The molecule has 2 aromatic carbocycles. The monoisotopic (exact) mass is 420 g/mol. The van der Waals surface area contributed by atoms with Gasteiger partial charge >= 0.3 is 0 Å². The SMILES string of the molecule is CCCOc1ccc(C(=O)N/N=C/c2cc(Br)c(OC)cc2OC)cc1. The van der Waals surface area contributed by atoms with Gasteiger partial charge in [0.05, 0.1) is 31.5 Å². The lowest BCUT2D eigenvalue weighted by atomic mass is 10.2. The number of nitrogens with one attached hydrogen (secondary N) is 1. The van der Waals surface area contributed by atoms with E-state index in [2.05, 4.69) is 26.5 Å². The van der Waals surface area contributed by atoms with Crippen LogP contribution in [-0.2, 0) is 0 Å². The summed E-state index contributed by atoms with van der Waals surface area (Å²) in [5.74, 6) is 1.66. The molecule has 0 saturated heterocycles. The molecule has 0 fully saturated rings. The highest BCUT2D eigenvalue weighted by molar-refractivity contribution is 9.10. The summed E-state index contributed by atoms with van der Waals surface area (Å²) >= 11 is 3.41. The van der Waals surface area contributed by atoms with Gasteiger partial charge in [0, 0.05) is 17.2 Å². The average Bonchev–Trinajstić information content (AvgIpc) is 2.66. The topological polar surface area (TPSA) is 69.2 Å². The Morgan fingerprint density at radius 3 is 2.46 bits per heavy atom. The summed E-state index contributed by atoms with van der Waals surface area (Å²) in [5.41, 5.74) is 3.69. The van der Waals surface area contributed by atoms with Crippen LogP contribution in [0.15, 0.2) is 46.0 Å². The van der Waals surface area contributed by atoms with E-state index in [9.17, 15) is 4.79 Å². The highest BCUT2D eigenvalue weighted by atomic mass is 79.9. The van der Waals surface area contributed by atoms with Crippen molar-refractivity contribution in [2.24, 2.45) is 5.10 Å². The second-order valence-electron chi connectivity index (χ2n) is 5.30. The first-order valence-electron chi connectivity index (χ1n) is 8.06. The van der Waals surface area contributed by atoms with Crippen molar-refractivity contribution in [3.8, 4) is 17.2 Å². The Labute approximate surface area is 161 Å². The molecule has 6 nitrogen and oxygen atoms in total. The zero-order chi connectivity index (χ0) is 18.9. The normalized spacial score (nSPS) is 10.6. The van der Waals surface area contributed by atoms with Crippen molar-refractivity contribution in [2.75, 3.05) is 20.8 Å². The summed E-state index contributed by atoms with van der Waals surface area (Å²) < 4.78 is 16.8. The molecule has 0 saturated carbocycles. The van der Waals surface area contributed by atoms with E-state index in [1.807, 2.05) is 6.92 Å². The maximum Gasteiger partial charge on any atom is 0.271 e. The summed E-state index contributed by atoms with van der Waals surface area (Å²) in [6.45, 7) is 2.69. The number of halogens is 1. The van der Waals surface area contributed by atoms with E-state index in [1.54, 1.807) is 50.6 Å². The van der Waals surface area contributed by atoms with E-state index in [0.29, 0.717) is 29.2 Å². The number of benzene rings is 2. The Kier molecular flexibility index (Phi) is 7.47. The zero-order valence-corrected chi connectivity index (χ0v) is 16.5. The predicted molar refractivity (Wildman–Crippen MR) is 105 cm³/mol. The van der Waals surface area contributed by atoms with Crippen LogP contribution >= 0.6 is 15.9 Å². The second kappa shape index (κ2) is 9.82. The maximum absolute atomic E-state index is 12.2. The molecule has 0 aliphatic heterocycles. The van der Waals surface area contributed by atoms with Crippen LogP contribution in [0.5, 0.6) is 17.2 Å². The molecular weight excluding hydrogens is 400 g/mol. The highest BCUT2D eigenvalue weighted by Gasteiger charge is 2.09. The van der Waals surface area contributed by atoms with Crippen molar-refractivity contribution in [1.29, 1.82) is 0 Å². The first-order chi connectivity index (χ1) is 12.6. The van der Waals surface area contributed by atoms with Crippen LogP contribution in [0.3, 0.4) is 0 Å². The molecule has 0 bridgehead atoms. The Bertz CT molecular complexity index is 776. The lowest BCUT2D eigenvalue weighted by Gasteiger charge is -2.09. The van der Waals surface area contributed by atoms with Crippen LogP contribution in [0, 0.1) is 0 Å². The summed E-state index contributed by atoms with van der Waals surface area (Å²) in [6.07, 6.45) is 2.45. The fourth-order valence-electron chi connectivity index (χ4n) is 2.13. The summed E-state index contributed by atoms with van der Waals surface area (Å²) in [7, 11) is 3.13. The molecule has 0 heterocycles. The molecule has 0 aliphatic carbocycles. The fraction of sp³-hybridized carbons (Fsp3) is 0.263. The third-order valence-corrected chi connectivity index (χ3v) is 4.08. The number of nitrogens with zero attached hydrogens (tertiary/aromatic N) is 1. The fourth-order valence-corrected chi connectivity index (χ4v) is 2.65. The maximum atomic E-state index is 12.2. The van der Waals surface area contributed by atoms with Gasteiger partial charge in [0.15, 0.2) is 0 Å². The van der Waals surface area contributed by atoms with E-state index in [0.717, 1.165) is 16.6 Å². The second-order valence-corrected chi connectivity index (χ2v) is 6.16. The molecule has 2 aromatic rings. The van der Waals surface area contributed by atoms with Gasteiger partial charge in [-0.2, -0.15) is 5.10 Å². The van der Waals surface area contributed by atoms with Crippen LogP contribution in [0.1, 0.15) is 29.3 Å². The van der Waals surface area contributed by atoms with Gasteiger partial charge in [-0.3, -0.25) is 4.79 Å². The van der Waals surface area contributed by atoms with Crippen LogP contribution in [0.2, 0.25) is 0 Å². The molecule has 26 heavy (non-hydrogen) atoms. The number of methoxy groups -OCH3 is 2. The number of amides is 1. The minimum atomic E-state index is -0.310. The van der Waals surface area contributed by atoms with E-state index in [4.69, 9.17) is 14.2 Å². The molecule has 138 valence electrons. The quantitative estimate of drug-likeness (QED) is 0.517. The number of rotatable bonds is 8. The van der Waals surface area contributed by atoms with E-state index < -0.39 is 0 Å². The van der Waals surface area contributed by atoms with Gasteiger partial charge in [-0.25, -0.2) is 5.43 Å². The van der Waals surface area contributed by atoms with Crippen molar-refractivity contribution in [2.45, 2.75) is 13.3 Å². The van der Waals surface area contributed by atoms with Crippen LogP contribution < -0.4 is 19.6 Å². The molecule has 0 radical (unpaired) electrons. The zero-order valence-electron chi connectivity index (χ0n) is 14.9. The highest BCUT2D eigenvalue weighted by Crippen LogP contribution is 2.31. The first kappa shape index (κ1) is 19.8. The molecule has 0 aromatic heterocycles. The standard InChI is InChI=1S/C19H21BrN2O4/c1-4-9-26-15-7-5-13(6-8-15)19(23)22-21-12-14-10-16(20)18(25-3)11-17(14)24-2/h5-8,10-12H,4,9H2,1-3H3,(H,22,23)/b21-12+. The number of carbonyl (C=O) groups excluding carboxylic acids is 1. The lowest BCUT2D eigenvalue weighted by molar-refractivity contribution is 0.0955. The van der Waals surface area contributed by atoms with Gasteiger partial charge in [-0.1, -0.05) is 6.92 Å². The number of carbonyl (C=O) groups is 1. The minimum Gasteiger partial charge on any atom is -0.496 e. The van der Waals surface area contributed by atoms with Crippen molar-refractivity contribution < 1.29 is 19.0 Å². The summed E-state index contributed by atoms with van der Waals surface area (Å²) in [4.78, 5) is 12.2. The number of hydrazone groups is 1. The molecule has 0 unspecified atom stereocenters. The smallest absolute Gasteiger partial charge is 0.271 e. The van der Waals surface area contributed by atoms with Gasteiger partial charge in [0.1, 0.15) is 17.2 Å². The number of hydrogen-bond acceptors (Lipinski definition) is 5. The number of hydrogen-bond donors (Lipinski definition) is 1. The van der Waals surface area contributed by atoms with Crippen LogP contribution in [-0.4, -0.2) is 32.9 Å². The average molecular weight is 421 g/mol. The van der Waals surface area contributed by atoms with E-state index in [-0.39, 0.29) is 5.91 Å². The Morgan fingerprint density at radius 2 is 1.85 bits per heavy atom. The van der Waals surface area contributed by atoms with Crippen molar-refractivity contribution in [1.82, 2.24) is 5.43 Å². The molecular formula is C19H21BrN2O4. The van der Waals surface area contributed by atoms with E-state index >= 15 is 0 Å². The lowest BCUT2D eigenvalue weighted by Crippen LogP contribution is -2.17. The molecule has 1 N–H and O–H groups in total. The van der Waals surface area contributed by atoms with Gasteiger partial charge in [0.2, 0.25) is 0 Å².